The van der Waals surface area contributed by atoms with Crippen LogP contribution in [0.25, 0.3) is 11.0 Å². The number of alkyl halides is 1. The van der Waals surface area contributed by atoms with Crippen LogP contribution in [0.5, 0.6) is 0 Å². The predicted octanol–water partition coefficient (Wildman–Crippen LogP) is 3.60. The van der Waals surface area contributed by atoms with Crippen molar-refractivity contribution in [3.63, 3.8) is 0 Å². The van der Waals surface area contributed by atoms with Gasteiger partial charge in [0.2, 0.25) is 0 Å². The summed E-state index contributed by atoms with van der Waals surface area (Å²) >= 11 is 5.66. The second kappa shape index (κ2) is 10.0. The Morgan fingerprint density at radius 3 is 2.85 bits per heavy atom. The van der Waals surface area contributed by atoms with Crippen LogP contribution >= 0.6 is 11.6 Å². The normalized spacial score (nSPS) is 13.8. The van der Waals surface area contributed by atoms with Crippen molar-refractivity contribution in [3.05, 3.63) is 65.0 Å². The number of benzene rings is 2. The molecule has 0 aliphatic carbocycles. The number of rotatable bonds is 9. The Balaban J connectivity index is 1.56. The van der Waals surface area contributed by atoms with E-state index in [1.54, 1.807) is 11.0 Å². The third kappa shape index (κ3) is 4.85. The third-order valence-corrected chi connectivity index (χ3v) is 6.09. The standard InChI is InChI=1S/C24H27ClN6O2/c1-2-31-14-15-7-5-8-16(21(15)24(31)33)23(32)30-19(11-6-12-27-20(26)13-25)22-28-17-9-3-4-10-18(17)29-22/h3-5,7-10,19H,2,6,11-14H2,1H3,(H2,26,27)(H,28,29)(H,30,32)/t19-/m0/s1. The van der Waals surface area contributed by atoms with E-state index < -0.39 is 0 Å². The average molecular weight is 467 g/mol. The summed E-state index contributed by atoms with van der Waals surface area (Å²) in [5.74, 6) is 0.643. The van der Waals surface area contributed by atoms with Crippen molar-refractivity contribution < 1.29 is 9.59 Å². The molecule has 0 saturated heterocycles. The topological polar surface area (TPSA) is 114 Å². The molecule has 0 spiro atoms. The lowest BCUT2D eigenvalue weighted by Crippen LogP contribution is -2.32. The molecule has 0 unspecified atom stereocenters. The number of amides is 2. The molecule has 0 saturated carbocycles. The van der Waals surface area contributed by atoms with E-state index in [0.29, 0.717) is 49.4 Å². The van der Waals surface area contributed by atoms with E-state index in [9.17, 15) is 9.59 Å². The average Bonchev–Trinajstić information content (AvgIpc) is 3.41. The number of amidine groups is 1. The number of carbonyl (C=O) groups is 2. The molecule has 1 aromatic heterocycles. The van der Waals surface area contributed by atoms with Crippen LogP contribution in [-0.4, -0.2) is 51.5 Å². The van der Waals surface area contributed by atoms with Gasteiger partial charge < -0.3 is 20.5 Å². The molecule has 1 aliphatic heterocycles. The summed E-state index contributed by atoms with van der Waals surface area (Å²) in [6.07, 6.45) is 1.29. The van der Waals surface area contributed by atoms with Crippen molar-refractivity contribution in [2.45, 2.75) is 32.4 Å². The molecule has 8 nitrogen and oxygen atoms in total. The summed E-state index contributed by atoms with van der Waals surface area (Å²) in [6, 6.07) is 12.7. The molecule has 1 aliphatic rings. The van der Waals surface area contributed by atoms with Crippen LogP contribution < -0.4 is 10.6 Å². The van der Waals surface area contributed by atoms with Gasteiger partial charge in [0, 0.05) is 19.6 Å². The zero-order valence-corrected chi connectivity index (χ0v) is 19.2. The Labute approximate surface area is 197 Å². The van der Waals surface area contributed by atoms with E-state index in [4.69, 9.17) is 17.0 Å². The minimum atomic E-state index is -0.383. The Morgan fingerprint density at radius 1 is 1.27 bits per heavy atom. The first-order chi connectivity index (χ1) is 16.0. The predicted molar refractivity (Wildman–Crippen MR) is 129 cm³/mol. The SMILES string of the molecule is CCN1Cc2cccc(C(=O)N[C@@H](CCCNC(=N)CCl)c3nc4ccccc4[nH]3)c2C1=O. The molecular formula is C24H27ClN6O2. The largest absolute Gasteiger partial charge is 0.373 e. The molecule has 0 bridgehead atoms. The molecule has 0 radical (unpaired) electrons. The fourth-order valence-electron chi connectivity index (χ4n) is 4.11. The summed E-state index contributed by atoms with van der Waals surface area (Å²) in [5.41, 5.74) is 3.46. The van der Waals surface area contributed by atoms with Gasteiger partial charge in [-0.15, -0.1) is 11.6 Å². The first-order valence-electron chi connectivity index (χ1n) is 11.1. The van der Waals surface area contributed by atoms with Gasteiger partial charge in [-0.2, -0.15) is 0 Å². The van der Waals surface area contributed by atoms with Crippen molar-refractivity contribution in [2.24, 2.45) is 0 Å². The second-order valence-electron chi connectivity index (χ2n) is 8.01. The van der Waals surface area contributed by atoms with Gasteiger partial charge in [-0.1, -0.05) is 24.3 Å². The van der Waals surface area contributed by atoms with Gasteiger partial charge in [-0.05, 0) is 43.5 Å². The highest BCUT2D eigenvalue weighted by Crippen LogP contribution is 2.27. The number of aromatic nitrogens is 2. The van der Waals surface area contributed by atoms with Crippen LogP contribution in [0.4, 0.5) is 0 Å². The minimum Gasteiger partial charge on any atom is -0.373 e. The van der Waals surface area contributed by atoms with Gasteiger partial charge in [0.05, 0.1) is 34.1 Å². The van der Waals surface area contributed by atoms with Gasteiger partial charge >= 0.3 is 0 Å². The monoisotopic (exact) mass is 466 g/mol. The van der Waals surface area contributed by atoms with Crippen LogP contribution in [0, 0.1) is 5.41 Å². The lowest BCUT2D eigenvalue weighted by molar-refractivity contribution is 0.0780. The highest BCUT2D eigenvalue weighted by molar-refractivity contribution is 6.27. The number of nitrogens with one attached hydrogen (secondary N) is 4. The molecule has 3 aromatic rings. The van der Waals surface area contributed by atoms with E-state index in [-0.39, 0.29) is 29.6 Å². The van der Waals surface area contributed by atoms with E-state index in [2.05, 4.69) is 20.6 Å². The maximum Gasteiger partial charge on any atom is 0.255 e. The van der Waals surface area contributed by atoms with E-state index >= 15 is 0 Å². The van der Waals surface area contributed by atoms with E-state index in [1.807, 2.05) is 43.3 Å². The van der Waals surface area contributed by atoms with E-state index in [0.717, 1.165) is 16.6 Å². The summed E-state index contributed by atoms with van der Waals surface area (Å²) in [6.45, 7) is 3.61. The number of hydrogen-bond acceptors (Lipinski definition) is 4. The molecular weight excluding hydrogens is 440 g/mol. The molecule has 2 amide bonds. The van der Waals surface area contributed by atoms with Crippen molar-refractivity contribution in [2.75, 3.05) is 19.0 Å². The molecule has 4 rings (SSSR count). The molecule has 172 valence electrons. The minimum absolute atomic E-state index is 0.109. The van der Waals surface area contributed by atoms with Crippen LogP contribution in [0.3, 0.4) is 0 Å². The number of halogens is 1. The molecule has 33 heavy (non-hydrogen) atoms. The highest BCUT2D eigenvalue weighted by atomic mass is 35.5. The molecule has 0 fully saturated rings. The number of fused-ring (bicyclic) bond motifs is 2. The summed E-state index contributed by atoms with van der Waals surface area (Å²) in [4.78, 5) is 35.9. The van der Waals surface area contributed by atoms with Gasteiger partial charge in [-0.3, -0.25) is 15.0 Å². The molecule has 9 heteroatoms. The highest BCUT2D eigenvalue weighted by Gasteiger charge is 2.31. The van der Waals surface area contributed by atoms with Crippen molar-refractivity contribution >= 4 is 40.3 Å². The Bertz CT molecular complexity index is 1160. The van der Waals surface area contributed by atoms with E-state index in [1.165, 1.54) is 0 Å². The van der Waals surface area contributed by atoms with Crippen LogP contribution in [0.1, 0.15) is 57.9 Å². The molecule has 1 atom stereocenters. The van der Waals surface area contributed by atoms with Crippen molar-refractivity contribution in [1.82, 2.24) is 25.5 Å². The Morgan fingerprint density at radius 2 is 2.09 bits per heavy atom. The van der Waals surface area contributed by atoms with Crippen LogP contribution in [0.15, 0.2) is 42.5 Å². The first kappa shape index (κ1) is 22.8. The summed E-state index contributed by atoms with van der Waals surface area (Å²) < 4.78 is 0. The summed E-state index contributed by atoms with van der Waals surface area (Å²) in [7, 11) is 0. The van der Waals surface area contributed by atoms with Crippen molar-refractivity contribution in [3.8, 4) is 0 Å². The zero-order valence-electron chi connectivity index (χ0n) is 18.5. The Hall–Kier alpha value is -3.39. The van der Waals surface area contributed by atoms with Gasteiger partial charge in [0.1, 0.15) is 11.7 Å². The maximum absolute atomic E-state index is 13.3. The molecule has 2 heterocycles. The molecule has 2 aromatic carbocycles. The first-order valence-corrected chi connectivity index (χ1v) is 11.6. The fourth-order valence-corrected chi connectivity index (χ4v) is 4.20. The van der Waals surface area contributed by atoms with Crippen molar-refractivity contribution in [1.29, 1.82) is 5.41 Å². The second-order valence-corrected chi connectivity index (χ2v) is 8.27. The quantitative estimate of drug-likeness (QED) is 0.167. The van der Waals surface area contributed by atoms with Gasteiger partial charge in [-0.25, -0.2) is 4.98 Å². The zero-order chi connectivity index (χ0) is 23.4. The van der Waals surface area contributed by atoms with Gasteiger partial charge in [0.25, 0.3) is 11.8 Å². The lowest BCUT2D eigenvalue weighted by atomic mass is 10.0. The number of imidazole rings is 1. The number of H-pyrrole nitrogens is 1. The third-order valence-electron chi connectivity index (χ3n) is 5.82. The number of nitrogens with zero attached hydrogens (tertiary/aromatic N) is 2. The molecule has 4 N–H and O–H groups in total. The summed E-state index contributed by atoms with van der Waals surface area (Å²) in [5, 5.41) is 13.7. The maximum atomic E-state index is 13.3. The number of hydrogen-bond donors (Lipinski definition) is 4. The van der Waals surface area contributed by atoms with Crippen LogP contribution in [-0.2, 0) is 6.54 Å². The van der Waals surface area contributed by atoms with Gasteiger partial charge in [0.15, 0.2) is 0 Å². The Kier molecular flexibility index (Phi) is 6.93. The van der Waals surface area contributed by atoms with Crippen LogP contribution in [0.2, 0.25) is 0 Å². The lowest BCUT2D eigenvalue weighted by Gasteiger charge is -2.18. The fraction of sp³-hybridized carbons (Fsp3) is 0.333. The number of aromatic amines is 1. The smallest absolute Gasteiger partial charge is 0.255 e. The number of carbonyl (C=O) groups excluding carboxylic acids is 2. The number of para-hydroxylation sites is 2.